The molecule has 1 aromatic rings. The lowest BCUT2D eigenvalue weighted by atomic mass is 9.79. The van der Waals surface area contributed by atoms with Crippen molar-refractivity contribution in [3.05, 3.63) is 64.6 Å². The van der Waals surface area contributed by atoms with Gasteiger partial charge in [-0.3, -0.25) is 28.8 Å². The first-order chi connectivity index (χ1) is 21.9. The Morgan fingerprint density at radius 2 is 1.15 bits per heavy atom. The Morgan fingerprint density at radius 1 is 0.674 bits per heavy atom. The number of aromatic hydroxyl groups is 1. The molecular weight excluding hydrogens is 604 g/mol. The van der Waals surface area contributed by atoms with Crippen LogP contribution in [0.3, 0.4) is 0 Å². The summed E-state index contributed by atoms with van der Waals surface area (Å²) in [7, 11) is 5.00. The van der Waals surface area contributed by atoms with E-state index >= 15 is 0 Å². The number of anilines is 1. The Hall–Kier alpha value is -5.40. The van der Waals surface area contributed by atoms with Gasteiger partial charge in [0, 0.05) is 60.8 Å². The molecule has 1 aromatic carbocycles. The predicted octanol–water partition coefficient (Wildman–Crippen LogP) is 1.92. The fraction of sp³-hybridized carbons (Fsp3) is 0.375. The lowest BCUT2D eigenvalue weighted by Crippen LogP contribution is -2.30. The summed E-state index contributed by atoms with van der Waals surface area (Å²) in [6.07, 6.45) is 4.13. The Balaban J connectivity index is 1.86. The summed E-state index contributed by atoms with van der Waals surface area (Å²) in [5, 5.41) is 21.7. The summed E-state index contributed by atoms with van der Waals surface area (Å²) in [4.78, 5) is 76.4. The third kappa shape index (κ3) is 8.40. The van der Waals surface area contributed by atoms with E-state index < -0.39 is 41.2 Å². The summed E-state index contributed by atoms with van der Waals surface area (Å²) in [5.74, 6) is -3.97. The molecule has 2 aliphatic carbocycles. The first-order valence-electron chi connectivity index (χ1n) is 14.2. The fourth-order valence-corrected chi connectivity index (χ4v) is 4.80. The van der Waals surface area contributed by atoms with Crippen LogP contribution in [0.4, 0.5) is 5.69 Å². The SMILES string of the molecule is COC(=O)CCN(CCC(=O)OC)C1=CC(=O)/C(=C2/C(=O)C(c3ccc(N(CCC(=O)OC)CCC(=O)OC)cc3O)=C2O)C=C1. The second-order valence-electron chi connectivity index (χ2n) is 10.1. The van der Waals surface area contributed by atoms with Gasteiger partial charge in [0.1, 0.15) is 11.5 Å². The van der Waals surface area contributed by atoms with Crippen LogP contribution < -0.4 is 4.90 Å². The number of phenolic OH excluding ortho intramolecular Hbond substituents is 1. The summed E-state index contributed by atoms with van der Waals surface area (Å²) in [6.45, 7) is 0.618. The first-order valence-corrected chi connectivity index (χ1v) is 14.2. The zero-order chi connectivity index (χ0) is 34.0. The number of carbonyl (C=O) groups excluding carboxylic acids is 6. The molecule has 46 heavy (non-hydrogen) atoms. The normalized spacial score (nSPS) is 15.5. The van der Waals surface area contributed by atoms with Crippen LogP contribution in [0, 0.1) is 0 Å². The van der Waals surface area contributed by atoms with Gasteiger partial charge >= 0.3 is 23.9 Å². The second kappa shape index (κ2) is 16.1. The molecule has 0 fully saturated rings. The average Bonchev–Trinajstić information content (AvgIpc) is 3.05. The number of hydrogen-bond donors (Lipinski definition) is 2. The number of rotatable bonds is 15. The molecule has 0 spiro atoms. The highest BCUT2D eigenvalue weighted by molar-refractivity contribution is 6.41. The van der Waals surface area contributed by atoms with Gasteiger partial charge in [-0.25, -0.2) is 0 Å². The van der Waals surface area contributed by atoms with Gasteiger partial charge in [0.25, 0.3) is 0 Å². The third-order valence-electron chi connectivity index (χ3n) is 7.40. The van der Waals surface area contributed by atoms with Gasteiger partial charge in [0.2, 0.25) is 5.78 Å². The van der Waals surface area contributed by atoms with Crippen molar-refractivity contribution in [1.82, 2.24) is 4.90 Å². The number of esters is 4. The van der Waals surface area contributed by atoms with Crippen LogP contribution in [-0.4, -0.2) is 105 Å². The Labute approximate surface area is 265 Å². The maximum atomic E-state index is 13.2. The van der Waals surface area contributed by atoms with Crippen molar-refractivity contribution in [2.45, 2.75) is 25.7 Å². The van der Waals surface area contributed by atoms with E-state index in [9.17, 15) is 39.0 Å². The van der Waals surface area contributed by atoms with E-state index in [0.717, 1.165) is 0 Å². The van der Waals surface area contributed by atoms with Gasteiger partial charge in [0.05, 0.1) is 65.3 Å². The smallest absolute Gasteiger partial charge is 0.307 e. The van der Waals surface area contributed by atoms with Gasteiger partial charge < -0.3 is 39.0 Å². The fourth-order valence-electron chi connectivity index (χ4n) is 4.80. The molecule has 0 unspecified atom stereocenters. The van der Waals surface area contributed by atoms with Crippen LogP contribution in [0.1, 0.15) is 31.2 Å². The number of aliphatic hydroxyl groups is 1. The number of Topliss-reactive ketones (excluding diaryl/α,β-unsaturated/α-hetero) is 1. The molecule has 0 saturated carbocycles. The molecule has 2 aliphatic rings. The lowest BCUT2D eigenvalue weighted by Gasteiger charge is -2.28. The Kier molecular flexibility index (Phi) is 12.3. The number of hydrogen-bond acceptors (Lipinski definition) is 14. The van der Waals surface area contributed by atoms with Crippen LogP contribution in [0.15, 0.2) is 59.0 Å². The molecular formula is C32H36N2O12. The van der Waals surface area contributed by atoms with Gasteiger partial charge in [-0.2, -0.15) is 0 Å². The highest BCUT2D eigenvalue weighted by atomic mass is 16.5. The number of methoxy groups -OCH3 is 4. The maximum Gasteiger partial charge on any atom is 0.307 e. The largest absolute Gasteiger partial charge is 0.507 e. The van der Waals surface area contributed by atoms with Crippen molar-refractivity contribution in [3.63, 3.8) is 0 Å². The zero-order valence-electron chi connectivity index (χ0n) is 26.0. The van der Waals surface area contributed by atoms with E-state index in [-0.39, 0.29) is 79.9 Å². The number of aliphatic hydroxyl groups excluding tert-OH is 1. The van der Waals surface area contributed by atoms with Crippen molar-refractivity contribution >= 4 is 46.7 Å². The molecule has 14 nitrogen and oxygen atoms in total. The number of nitrogens with zero attached hydrogens (tertiary/aromatic N) is 2. The number of phenols is 1. The molecule has 0 atom stereocenters. The first kappa shape index (κ1) is 35.1. The number of benzene rings is 1. The van der Waals surface area contributed by atoms with Crippen LogP contribution >= 0.6 is 0 Å². The van der Waals surface area contributed by atoms with E-state index in [1.165, 1.54) is 58.8 Å². The molecule has 0 radical (unpaired) electrons. The molecule has 0 saturated heterocycles. The van der Waals surface area contributed by atoms with E-state index in [0.29, 0.717) is 11.4 Å². The van der Waals surface area contributed by atoms with Crippen molar-refractivity contribution in [1.29, 1.82) is 0 Å². The lowest BCUT2D eigenvalue weighted by molar-refractivity contribution is -0.142. The van der Waals surface area contributed by atoms with Gasteiger partial charge in [-0.15, -0.1) is 0 Å². The van der Waals surface area contributed by atoms with E-state index in [1.54, 1.807) is 15.9 Å². The molecule has 3 rings (SSSR count). The summed E-state index contributed by atoms with van der Waals surface area (Å²) < 4.78 is 18.7. The minimum Gasteiger partial charge on any atom is -0.507 e. The van der Waals surface area contributed by atoms with Gasteiger partial charge in [-0.05, 0) is 24.3 Å². The van der Waals surface area contributed by atoms with Gasteiger partial charge in [-0.1, -0.05) is 0 Å². The third-order valence-corrected chi connectivity index (χ3v) is 7.40. The summed E-state index contributed by atoms with van der Waals surface area (Å²) in [5.41, 5.74) is 0.376. The predicted molar refractivity (Wildman–Crippen MR) is 162 cm³/mol. The van der Waals surface area contributed by atoms with Crippen LogP contribution in [-0.2, 0) is 47.7 Å². The molecule has 0 aromatic heterocycles. The summed E-state index contributed by atoms with van der Waals surface area (Å²) in [6, 6.07) is 4.30. The van der Waals surface area contributed by atoms with E-state index in [1.807, 2.05) is 0 Å². The summed E-state index contributed by atoms with van der Waals surface area (Å²) >= 11 is 0. The molecule has 2 N–H and O–H groups in total. The second-order valence-corrected chi connectivity index (χ2v) is 10.1. The maximum absolute atomic E-state index is 13.2. The number of carbonyl (C=O) groups is 6. The quantitative estimate of drug-likeness (QED) is 0.161. The standard InChI is InChI=1S/C32H36N2O12/c1-43-25(37)9-13-33(14-10-26(38)44-2)19-5-7-21(23(35)17-19)29-31(41)30(32(29)42)22-8-6-20(18-24(22)36)34(15-11-27(39)45-3)16-12-28(40)46-4/h5-8,17-18,35,41H,9-16H2,1-4H3/b30-22+. The van der Waals surface area contributed by atoms with E-state index in [2.05, 4.69) is 18.9 Å². The molecule has 0 aliphatic heterocycles. The molecule has 14 heteroatoms. The zero-order valence-corrected chi connectivity index (χ0v) is 26.0. The topological polar surface area (TPSA) is 186 Å². The number of ether oxygens (including phenoxy) is 4. The van der Waals surface area contributed by atoms with Gasteiger partial charge in [0.15, 0.2) is 5.78 Å². The van der Waals surface area contributed by atoms with Crippen LogP contribution in [0.5, 0.6) is 5.75 Å². The monoisotopic (exact) mass is 640 g/mol. The minimum atomic E-state index is -0.660. The van der Waals surface area contributed by atoms with E-state index in [4.69, 9.17) is 0 Å². The Bertz CT molecular complexity index is 1490. The Morgan fingerprint density at radius 3 is 1.57 bits per heavy atom. The van der Waals surface area contributed by atoms with Crippen LogP contribution in [0.2, 0.25) is 0 Å². The van der Waals surface area contributed by atoms with Crippen molar-refractivity contribution in [2.24, 2.45) is 0 Å². The van der Waals surface area contributed by atoms with Crippen molar-refractivity contribution < 1.29 is 57.9 Å². The highest BCUT2D eigenvalue weighted by Gasteiger charge is 2.39. The van der Waals surface area contributed by atoms with Crippen molar-refractivity contribution in [3.8, 4) is 5.75 Å². The molecule has 0 amide bonds. The molecule has 246 valence electrons. The molecule has 0 bridgehead atoms. The number of ketones is 2. The average molecular weight is 641 g/mol. The highest BCUT2D eigenvalue weighted by Crippen LogP contribution is 2.43. The number of allylic oxidation sites excluding steroid dienone is 6. The van der Waals surface area contributed by atoms with Crippen LogP contribution in [0.25, 0.3) is 5.57 Å². The van der Waals surface area contributed by atoms with Crippen molar-refractivity contribution in [2.75, 3.05) is 59.5 Å². The minimum absolute atomic E-state index is 0.00698. The molecule has 0 heterocycles.